The standard InChI is InChI=1S/C20H18N4O3S/c1-28(2,26)24-16-5-3-4-15(11-16)23-20-22-12-18(27-20)14-6-7-17-13(10-14)8-9-21-19(17)25/h3-12H,1H2,2H3,(H,21,25)(H,22,23)(H,24,26). The quantitative estimate of drug-likeness (QED) is 0.449. The maximum absolute atomic E-state index is 11.8. The molecule has 4 aromatic rings. The lowest BCUT2D eigenvalue weighted by atomic mass is 10.1. The molecule has 1 unspecified atom stereocenters. The van der Waals surface area contributed by atoms with Gasteiger partial charge in [0.1, 0.15) is 0 Å². The summed E-state index contributed by atoms with van der Waals surface area (Å²) >= 11 is 0. The largest absolute Gasteiger partial charge is 0.423 e. The maximum atomic E-state index is 11.8. The Labute approximate surface area is 161 Å². The van der Waals surface area contributed by atoms with Crippen molar-refractivity contribution in [2.75, 3.05) is 16.3 Å². The first-order chi connectivity index (χ1) is 13.4. The molecule has 1 atom stereocenters. The minimum Gasteiger partial charge on any atom is -0.423 e. The molecule has 0 aliphatic carbocycles. The predicted molar refractivity (Wildman–Crippen MR) is 115 cm³/mol. The van der Waals surface area contributed by atoms with Gasteiger partial charge in [0.05, 0.1) is 6.20 Å². The fourth-order valence-electron chi connectivity index (χ4n) is 2.84. The summed E-state index contributed by atoms with van der Waals surface area (Å²) in [4.78, 5) is 18.7. The molecule has 2 aromatic heterocycles. The molecule has 0 bridgehead atoms. The van der Waals surface area contributed by atoms with Gasteiger partial charge in [-0.3, -0.25) is 4.79 Å². The van der Waals surface area contributed by atoms with E-state index in [0.717, 1.165) is 16.6 Å². The average Bonchev–Trinajstić information content (AvgIpc) is 3.09. The smallest absolute Gasteiger partial charge is 0.299 e. The Hall–Kier alpha value is -3.52. The van der Waals surface area contributed by atoms with Crippen LogP contribution in [-0.2, 0) is 9.71 Å². The van der Waals surface area contributed by atoms with Crippen molar-refractivity contribution < 1.29 is 8.63 Å². The number of aromatic nitrogens is 2. The minimum atomic E-state index is -2.36. The number of pyridine rings is 1. The zero-order valence-electron chi connectivity index (χ0n) is 15.1. The molecule has 0 fully saturated rings. The third kappa shape index (κ3) is 3.91. The summed E-state index contributed by atoms with van der Waals surface area (Å²) < 4.78 is 20.5. The highest BCUT2D eigenvalue weighted by Gasteiger charge is 2.09. The Morgan fingerprint density at radius 3 is 2.79 bits per heavy atom. The van der Waals surface area contributed by atoms with Gasteiger partial charge in [-0.2, -0.15) is 0 Å². The van der Waals surface area contributed by atoms with E-state index in [4.69, 9.17) is 4.42 Å². The highest BCUT2D eigenvalue weighted by Crippen LogP contribution is 2.27. The van der Waals surface area contributed by atoms with Crippen LogP contribution in [0.15, 0.2) is 70.1 Å². The van der Waals surface area contributed by atoms with Crippen LogP contribution in [-0.4, -0.2) is 26.3 Å². The molecule has 7 nitrogen and oxygen atoms in total. The Morgan fingerprint density at radius 2 is 1.96 bits per heavy atom. The molecule has 0 aliphatic rings. The zero-order valence-corrected chi connectivity index (χ0v) is 15.9. The van der Waals surface area contributed by atoms with E-state index < -0.39 is 9.71 Å². The highest BCUT2D eigenvalue weighted by molar-refractivity contribution is 8.00. The Balaban J connectivity index is 1.58. The van der Waals surface area contributed by atoms with E-state index in [1.54, 1.807) is 30.6 Å². The molecule has 0 radical (unpaired) electrons. The Morgan fingerprint density at radius 1 is 1.14 bits per heavy atom. The van der Waals surface area contributed by atoms with Crippen LogP contribution in [0, 0.1) is 0 Å². The fourth-order valence-corrected chi connectivity index (χ4v) is 3.47. The first kappa shape index (κ1) is 17.9. The van der Waals surface area contributed by atoms with Gasteiger partial charge in [-0.25, -0.2) is 9.19 Å². The lowest BCUT2D eigenvalue weighted by Crippen LogP contribution is -2.09. The van der Waals surface area contributed by atoms with Gasteiger partial charge in [-0.05, 0) is 47.7 Å². The van der Waals surface area contributed by atoms with Crippen LogP contribution < -0.4 is 15.6 Å². The van der Waals surface area contributed by atoms with Crippen molar-refractivity contribution in [3.05, 3.63) is 71.3 Å². The molecule has 0 spiro atoms. The lowest BCUT2D eigenvalue weighted by molar-refractivity contribution is 0.592. The molecule has 4 rings (SSSR count). The molecule has 3 N–H and O–H groups in total. The van der Waals surface area contributed by atoms with Gasteiger partial charge in [0.25, 0.3) is 11.6 Å². The number of benzene rings is 2. The van der Waals surface area contributed by atoms with E-state index in [1.807, 2.05) is 30.3 Å². The molecule has 8 heteroatoms. The summed E-state index contributed by atoms with van der Waals surface area (Å²) in [5, 5.41) is 4.52. The third-order valence-corrected chi connectivity index (χ3v) is 4.68. The molecule has 28 heavy (non-hydrogen) atoms. The highest BCUT2D eigenvalue weighted by atomic mass is 32.2. The van der Waals surface area contributed by atoms with Crippen molar-refractivity contribution >= 4 is 43.7 Å². The maximum Gasteiger partial charge on any atom is 0.299 e. The number of nitrogens with one attached hydrogen (secondary N) is 3. The first-order valence-corrected chi connectivity index (χ1v) is 10.6. The molecule has 0 aliphatic heterocycles. The van der Waals surface area contributed by atoms with Gasteiger partial charge in [-0.15, -0.1) is 0 Å². The van der Waals surface area contributed by atoms with Crippen LogP contribution in [0.5, 0.6) is 0 Å². The van der Waals surface area contributed by atoms with E-state index in [2.05, 4.69) is 25.9 Å². The summed E-state index contributed by atoms with van der Waals surface area (Å²) in [6, 6.07) is 14.9. The number of hydrogen-bond acceptors (Lipinski definition) is 5. The number of nitrogens with zero attached hydrogens (tertiary/aromatic N) is 1. The van der Waals surface area contributed by atoms with Crippen molar-refractivity contribution in [2.45, 2.75) is 0 Å². The number of oxazole rings is 1. The van der Waals surface area contributed by atoms with Gasteiger partial charge in [0.2, 0.25) is 0 Å². The van der Waals surface area contributed by atoms with E-state index >= 15 is 0 Å². The van der Waals surface area contributed by atoms with Crippen molar-refractivity contribution in [3.63, 3.8) is 0 Å². The first-order valence-electron chi connectivity index (χ1n) is 8.42. The minimum absolute atomic E-state index is 0.129. The van der Waals surface area contributed by atoms with Gasteiger partial charge >= 0.3 is 0 Å². The van der Waals surface area contributed by atoms with E-state index in [-0.39, 0.29) is 5.56 Å². The molecule has 2 aromatic carbocycles. The third-order valence-electron chi connectivity index (χ3n) is 4.01. The summed E-state index contributed by atoms with van der Waals surface area (Å²) in [5.74, 6) is 4.16. The number of fused-ring (bicyclic) bond motifs is 1. The second-order valence-corrected chi connectivity index (χ2v) is 8.67. The van der Waals surface area contributed by atoms with Crippen molar-refractivity contribution in [3.8, 4) is 11.3 Å². The second-order valence-electron chi connectivity index (χ2n) is 6.45. The van der Waals surface area contributed by atoms with Crippen LogP contribution in [0.2, 0.25) is 0 Å². The Kier molecular flexibility index (Phi) is 4.40. The molecular formula is C20H18N4O3S. The van der Waals surface area contributed by atoms with Gasteiger partial charge < -0.3 is 19.4 Å². The van der Waals surface area contributed by atoms with Gasteiger partial charge in [-0.1, -0.05) is 12.1 Å². The van der Waals surface area contributed by atoms with Crippen LogP contribution in [0.25, 0.3) is 22.1 Å². The normalized spacial score (nSPS) is 13.2. The fraction of sp³-hybridized carbons (Fsp3) is 0.0500. The summed E-state index contributed by atoms with van der Waals surface area (Å²) in [6.07, 6.45) is 4.77. The van der Waals surface area contributed by atoms with Crippen molar-refractivity contribution in [1.82, 2.24) is 9.97 Å². The number of anilines is 3. The summed E-state index contributed by atoms with van der Waals surface area (Å²) in [6.45, 7) is 0. The number of hydrogen-bond donors (Lipinski definition) is 3. The topological polar surface area (TPSA) is 100 Å². The van der Waals surface area contributed by atoms with Crippen molar-refractivity contribution in [2.24, 2.45) is 0 Å². The van der Waals surface area contributed by atoms with Crippen molar-refractivity contribution in [1.29, 1.82) is 0 Å². The summed E-state index contributed by atoms with van der Waals surface area (Å²) in [5.41, 5.74) is 2.10. The SMILES string of the molecule is C=S(C)(=O)Nc1cccc(Nc2ncc(-c3ccc4c(=O)[nH]ccc4c3)o2)c1. The summed E-state index contributed by atoms with van der Waals surface area (Å²) in [7, 11) is -2.36. The van der Waals surface area contributed by atoms with E-state index in [1.165, 1.54) is 6.26 Å². The molecule has 2 heterocycles. The molecular weight excluding hydrogens is 376 g/mol. The van der Waals surface area contributed by atoms with Gasteiger partial charge in [0, 0.05) is 44.5 Å². The van der Waals surface area contributed by atoms with Crippen LogP contribution in [0.3, 0.4) is 0 Å². The Bertz CT molecular complexity index is 1320. The van der Waals surface area contributed by atoms with Crippen LogP contribution in [0.4, 0.5) is 17.4 Å². The molecule has 142 valence electrons. The lowest BCUT2D eigenvalue weighted by Gasteiger charge is -2.09. The molecule has 0 saturated carbocycles. The molecule has 0 saturated heterocycles. The predicted octanol–water partition coefficient (Wildman–Crippen LogP) is 3.60. The second kappa shape index (κ2) is 6.90. The zero-order chi connectivity index (χ0) is 19.7. The monoisotopic (exact) mass is 394 g/mol. The number of rotatable bonds is 5. The van der Waals surface area contributed by atoms with E-state index in [0.29, 0.717) is 22.8 Å². The number of aromatic amines is 1. The molecule has 0 amide bonds. The average molecular weight is 394 g/mol. The van der Waals surface area contributed by atoms with E-state index in [9.17, 15) is 9.00 Å². The van der Waals surface area contributed by atoms with Crippen LogP contribution >= 0.6 is 0 Å². The van der Waals surface area contributed by atoms with Crippen LogP contribution in [0.1, 0.15) is 0 Å². The number of H-pyrrole nitrogens is 1. The van der Waals surface area contributed by atoms with Gasteiger partial charge in [0.15, 0.2) is 5.76 Å².